The number of aryl methyl sites for hydroxylation is 1. The fourth-order valence-electron chi connectivity index (χ4n) is 1.29. The molecule has 74 valence electrons. The third kappa shape index (κ3) is 1.77. The van der Waals surface area contributed by atoms with Crippen LogP contribution in [0.15, 0.2) is 17.8 Å². The van der Waals surface area contributed by atoms with E-state index in [9.17, 15) is 0 Å². The van der Waals surface area contributed by atoms with E-state index in [1.54, 1.807) is 17.5 Å². The fourth-order valence-corrected chi connectivity index (χ4v) is 2.06. The standard InChI is InChI=1S/C9H12N4S/c1-7-6-14-8(12-7)5-13-4-3-11-9(13)10-2/h3-4,6H,5H2,1-2H3,(H,10,11). The van der Waals surface area contributed by atoms with Gasteiger partial charge in [0.1, 0.15) is 5.01 Å². The van der Waals surface area contributed by atoms with E-state index in [0.29, 0.717) is 0 Å². The second-order valence-corrected chi connectivity index (χ2v) is 3.95. The number of imidazole rings is 1. The predicted molar refractivity (Wildman–Crippen MR) is 57.7 cm³/mol. The molecule has 14 heavy (non-hydrogen) atoms. The van der Waals surface area contributed by atoms with Crippen molar-refractivity contribution in [2.24, 2.45) is 0 Å². The number of hydrogen-bond donors (Lipinski definition) is 1. The Hall–Kier alpha value is -1.36. The summed E-state index contributed by atoms with van der Waals surface area (Å²) in [4.78, 5) is 8.57. The summed E-state index contributed by atoms with van der Waals surface area (Å²) in [6.07, 6.45) is 3.73. The lowest BCUT2D eigenvalue weighted by molar-refractivity contribution is 0.795. The maximum Gasteiger partial charge on any atom is 0.202 e. The van der Waals surface area contributed by atoms with Crippen LogP contribution in [0.1, 0.15) is 10.7 Å². The normalized spacial score (nSPS) is 10.4. The molecular weight excluding hydrogens is 196 g/mol. The molecule has 0 aliphatic heterocycles. The molecular formula is C9H12N4S. The molecule has 0 aromatic carbocycles. The highest BCUT2D eigenvalue weighted by atomic mass is 32.1. The molecule has 0 bridgehead atoms. The smallest absolute Gasteiger partial charge is 0.202 e. The third-order valence-corrected chi connectivity index (χ3v) is 2.86. The van der Waals surface area contributed by atoms with Crippen LogP contribution in [0.4, 0.5) is 5.95 Å². The van der Waals surface area contributed by atoms with Gasteiger partial charge in [-0.3, -0.25) is 0 Å². The molecule has 0 saturated carbocycles. The average Bonchev–Trinajstić information content (AvgIpc) is 2.76. The summed E-state index contributed by atoms with van der Waals surface area (Å²) in [7, 11) is 1.87. The van der Waals surface area contributed by atoms with E-state index in [1.165, 1.54) is 0 Å². The zero-order chi connectivity index (χ0) is 9.97. The first-order chi connectivity index (χ1) is 6.79. The monoisotopic (exact) mass is 208 g/mol. The zero-order valence-corrected chi connectivity index (χ0v) is 9.01. The number of nitrogens with one attached hydrogen (secondary N) is 1. The van der Waals surface area contributed by atoms with Gasteiger partial charge in [-0.2, -0.15) is 0 Å². The van der Waals surface area contributed by atoms with Gasteiger partial charge >= 0.3 is 0 Å². The first-order valence-electron chi connectivity index (χ1n) is 4.39. The SMILES string of the molecule is CNc1nccn1Cc1nc(C)cs1. The van der Waals surface area contributed by atoms with Crippen molar-refractivity contribution in [3.8, 4) is 0 Å². The second kappa shape index (κ2) is 3.79. The molecule has 0 aliphatic rings. The first-order valence-corrected chi connectivity index (χ1v) is 5.27. The van der Waals surface area contributed by atoms with Gasteiger partial charge in [0.05, 0.1) is 6.54 Å². The minimum atomic E-state index is 0.786. The van der Waals surface area contributed by atoms with Crippen LogP contribution in [0.25, 0.3) is 0 Å². The molecule has 5 heteroatoms. The Morgan fingerprint density at radius 3 is 3.07 bits per heavy atom. The second-order valence-electron chi connectivity index (χ2n) is 3.01. The largest absolute Gasteiger partial charge is 0.359 e. The molecule has 0 unspecified atom stereocenters. The molecule has 2 aromatic heterocycles. The van der Waals surface area contributed by atoms with Crippen LogP contribution >= 0.6 is 11.3 Å². The van der Waals surface area contributed by atoms with Crippen molar-refractivity contribution in [1.82, 2.24) is 14.5 Å². The van der Waals surface area contributed by atoms with Gasteiger partial charge < -0.3 is 9.88 Å². The Balaban J connectivity index is 2.18. The minimum absolute atomic E-state index is 0.786. The Bertz CT molecular complexity index is 418. The van der Waals surface area contributed by atoms with Crippen molar-refractivity contribution < 1.29 is 0 Å². The van der Waals surface area contributed by atoms with E-state index in [-0.39, 0.29) is 0 Å². The van der Waals surface area contributed by atoms with Crippen LogP contribution in [0, 0.1) is 6.92 Å². The van der Waals surface area contributed by atoms with Crippen LogP contribution in [0.2, 0.25) is 0 Å². The molecule has 0 saturated heterocycles. The van der Waals surface area contributed by atoms with E-state index in [0.717, 1.165) is 23.2 Å². The average molecular weight is 208 g/mol. The van der Waals surface area contributed by atoms with Gasteiger partial charge in [0.25, 0.3) is 0 Å². The third-order valence-electron chi connectivity index (χ3n) is 1.91. The molecule has 0 amide bonds. The van der Waals surface area contributed by atoms with Crippen molar-refractivity contribution in [3.63, 3.8) is 0 Å². The number of hydrogen-bond acceptors (Lipinski definition) is 4. The van der Waals surface area contributed by atoms with Crippen molar-refractivity contribution in [2.45, 2.75) is 13.5 Å². The van der Waals surface area contributed by atoms with Crippen molar-refractivity contribution >= 4 is 17.3 Å². The van der Waals surface area contributed by atoms with E-state index in [1.807, 2.05) is 24.7 Å². The Labute approximate surface area is 86.6 Å². The Kier molecular flexibility index (Phi) is 2.49. The summed E-state index contributed by atoms with van der Waals surface area (Å²) in [5.41, 5.74) is 1.08. The number of anilines is 1. The van der Waals surface area contributed by atoms with E-state index in [4.69, 9.17) is 0 Å². The van der Waals surface area contributed by atoms with Crippen molar-refractivity contribution in [2.75, 3.05) is 12.4 Å². The van der Waals surface area contributed by atoms with Crippen molar-refractivity contribution in [3.05, 3.63) is 28.5 Å². The molecule has 0 fully saturated rings. The van der Waals surface area contributed by atoms with E-state index in [2.05, 4.69) is 20.7 Å². The van der Waals surface area contributed by atoms with Crippen LogP contribution in [-0.4, -0.2) is 21.6 Å². The van der Waals surface area contributed by atoms with Crippen LogP contribution < -0.4 is 5.32 Å². The summed E-state index contributed by atoms with van der Waals surface area (Å²) in [6, 6.07) is 0. The predicted octanol–water partition coefficient (Wildman–Crippen LogP) is 1.74. The molecule has 0 spiro atoms. The molecule has 0 aliphatic carbocycles. The maximum atomic E-state index is 4.40. The number of aromatic nitrogens is 3. The van der Waals surface area contributed by atoms with Gasteiger partial charge in [-0.25, -0.2) is 9.97 Å². The van der Waals surface area contributed by atoms with Crippen molar-refractivity contribution in [1.29, 1.82) is 0 Å². The Morgan fingerprint density at radius 2 is 2.43 bits per heavy atom. The quantitative estimate of drug-likeness (QED) is 0.835. The highest BCUT2D eigenvalue weighted by Crippen LogP contribution is 2.13. The fraction of sp³-hybridized carbons (Fsp3) is 0.333. The lowest BCUT2D eigenvalue weighted by Crippen LogP contribution is -2.03. The molecule has 0 radical (unpaired) electrons. The maximum absolute atomic E-state index is 4.40. The topological polar surface area (TPSA) is 42.7 Å². The van der Waals surface area contributed by atoms with Crippen LogP contribution in [-0.2, 0) is 6.54 Å². The van der Waals surface area contributed by atoms with Gasteiger partial charge in [-0.05, 0) is 6.92 Å². The van der Waals surface area contributed by atoms with E-state index < -0.39 is 0 Å². The Morgan fingerprint density at radius 1 is 1.57 bits per heavy atom. The van der Waals surface area contributed by atoms with Crippen LogP contribution in [0.3, 0.4) is 0 Å². The number of rotatable bonds is 3. The minimum Gasteiger partial charge on any atom is -0.359 e. The summed E-state index contributed by atoms with van der Waals surface area (Å²) < 4.78 is 2.04. The highest BCUT2D eigenvalue weighted by Gasteiger charge is 2.03. The summed E-state index contributed by atoms with van der Waals surface area (Å²) in [6.45, 7) is 2.79. The summed E-state index contributed by atoms with van der Waals surface area (Å²) in [5.74, 6) is 0.873. The first kappa shape index (κ1) is 9.21. The zero-order valence-electron chi connectivity index (χ0n) is 8.19. The van der Waals surface area contributed by atoms with Gasteiger partial charge in [-0.1, -0.05) is 0 Å². The highest BCUT2D eigenvalue weighted by molar-refractivity contribution is 7.09. The van der Waals surface area contributed by atoms with Gasteiger partial charge in [0.2, 0.25) is 5.95 Å². The molecule has 4 nitrogen and oxygen atoms in total. The van der Waals surface area contributed by atoms with Crippen LogP contribution in [0.5, 0.6) is 0 Å². The molecule has 1 N–H and O–H groups in total. The molecule has 2 heterocycles. The van der Waals surface area contributed by atoms with Gasteiger partial charge in [-0.15, -0.1) is 11.3 Å². The number of thiazole rings is 1. The molecule has 0 atom stereocenters. The van der Waals surface area contributed by atoms with E-state index >= 15 is 0 Å². The number of nitrogens with zero attached hydrogens (tertiary/aromatic N) is 3. The molecule has 2 aromatic rings. The lowest BCUT2D eigenvalue weighted by Gasteiger charge is -2.03. The lowest BCUT2D eigenvalue weighted by atomic mass is 10.5. The summed E-state index contributed by atoms with van der Waals surface area (Å²) in [5, 5.41) is 6.20. The van der Waals surface area contributed by atoms with Gasteiger partial charge in [0.15, 0.2) is 0 Å². The molecule has 2 rings (SSSR count). The van der Waals surface area contributed by atoms with Gasteiger partial charge in [0, 0.05) is 30.5 Å². The summed E-state index contributed by atoms with van der Waals surface area (Å²) >= 11 is 1.68.